The number of hydrogen-bond donors (Lipinski definition) is 16. The fourth-order valence-electron chi connectivity index (χ4n) is 10.5. The zero-order chi connectivity index (χ0) is 61.5. The fraction of sp³-hybridized carbons (Fsp3) is 0.922. The second-order valence-electron chi connectivity index (χ2n) is 22.5. The van der Waals surface area contributed by atoms with Crippen molar-refractivity contribution in [3.05, 3.63) is 11.7 Å². The van der Waals surface area contributed by atoms with Crippen molar-refractivity contribution >= 4 is 19.8 Å². The van der Waals surface area contributed by atoms with Crippen molar-refractivity contribution in [2.24, 2.45) is 11.8 Å². The summed E-state index contributed by atoms with van der Waals surface area (Å²) in [5, 5.41) is 171. The molecule has 5 saturated heterocycles. The van der Waals surface area contributed by atoms with Crippen LogP contribution in [0.5, 0.6) is 0 Å². The first-order chi connectivity index (χ1) is 39.1. The molecule has 0 aromatic carbocycles. The molecule has 83 heavy (non-hydrogen) atoms. The minimum absolute atomic E-state index is 0.107. The molecular formula is C51H87BO31. The highest BCUT2D eigenvalue weighted by molar-refractivity contribution is 6.11. The van der Waals surface area contributed by atoms with Gasteiger partial charge >= 0.3 is 17.9 Å². The fourth-order valence-corrected chi connectivity index (χ4v) is 10.5. The minimum Gasteiger partial charge on any atom is -0.504 e. The number of esters is 2. The monoisotopic (exact) mass is 1210 g/mol. The molecule has 6 aliphatic heterocycles. The zero-order valence-electron chi connectivity index (χ0n) is 47.3. The molecule has 0 aromatic heterocycles. The number of rotatable bonds is 27. The van der Waals surface area contributed by atoms with Gasteiger partial charge in [-0.15, -0.1) is 0 Å². The van der Waals surface area contributed by atoms with Gasteiger partial charge in [0.15, 0.2) is 43.5 Å². The van der Waals surface area contributed by atoms with Gasteiger partial charge in [-0.2, -0.15) is 0 Å². The summed E-state index contributed by atoms with van der Waals surface area (Å²) in [4.78, 5) is 27.1. The van der Waals surface area contributed by atoms with Crippen LogP contribution >= 0.6 is 0 Å². The third kappa shape index (κ3) is 16.5. The highest BCUT2D eigenvalue weighted by Crippen LogP contribution is 2.38. The van der Waals surface area contributed by atoms with E-state index in [0.29, 0.717) is 12.8 Å². The van der Waals surface area contributed by atoms with Crippen LogP contribution in [0.4, 0.5) is 0 Å². The molecule has 5 fully saturated rings. The first kappa shape index (κ1) is 69.3. The summed E-state index contributed by atoms with van der Waals surface area (Å²) in [5.74, 6) is -4.20. The van der Waals surface area contributed by atoms with Crippen LogP contribution in [0.1, 0.15) is 80.1 Å². The molecule has 6 aliphatic rings. The van der Waals surface area contributed by atoms with Crippen LogP contribution in [0.25, 0.3) is 0 Å². The lowest BCUT2D eigenvalue weighted by molar-refractivity contribution is -0.371. The van der Waals surface area contributed by atoms with Gasteiger partial charge in [0.25, 0.3) is 0 Å². The molecule has 6 rings (SSSR count). The number of carbonyl (C=O) groups excluding carboxylic acids is 2. The van der Waals surface area contributed by atoms with E-state index >= 15 is 0 Å². The van der Waals surface area contributed by atoms with E-state index in [1.54, 1.807) is 13.8 Å². The van der Waals surface area contributed by atoms with Gasteiger partial charge in [-0.1, -0.05) is 40.5 Å². The van der Waals surface area contributed by atoms with E-state index in [-0.39, 0.29) is 24.7 Å². The largest absolute Gasteiger partial charge is 0.504 e. The van der Waals surface area contributed by atoms with E-state index in [1.165, 1.54) is 21.7 Å². The van der Waals surface area contributed by atoms with Crippen LogP contribution in [-0.4, -0.2) is 306 Å². The molecule has 32 heteroatoms. The molecule has 0 radical (unpaired) electrons. The van der Waals surface area contributed by atoms with Crippen molar-refractivity contribution in [1.82, 2.24) is 0 Å². The molecule has 6 heterocycles. The second-order valence-corrected chi connectivity index (χ2v) is 22.5. The summed E-state index contributed by atoms with van der Waals surface area (Å²) in [6.45, 7) is 6.47. The maximum atomic E-state index is 13.8. The van der Waals surface area contributed by atoms with Gasteiger partial charge in [0.2, 0.25) is 5.76 Å². The number of carbonyl (C=O) groups is 2. The van der Waals surface area contributed by atoms with E-state index in [4.69, 9.17) is 61.6 Å². The van der Waals surface area contributed by atoms with E-state index in [9.17, 15) is 91.3 Å². The van der Waals surface area contributed by atoms with Crippen molar-refractivity contribution in [1.29, 1.82) is 0 Å². The molecule has 0 saturated carbocycles. The summed E-state index contributed by atoms with van der Waals surface area (Å²) in [6.07, 6.45) is -41.2. The van der Waals surface area contributed by atoms with E-state index in [1.807, 2.05) is 13.8 Å². The summed E-state index contributed by atoms with van der Waals surface area (Å²) in [5.41, 5.74) is -2.15. The van der Waals surface area contributed by atoms with Gasteiger partial charge in [-0.3, -0.25) is 9.59 Å². The zero-order valence-corrected chi connectivity index (χ0v) is 47.3. The number of hydrogen-bond acceptors (Lipinski definition) is 31. The first-order valence-corrected chi connectivity index (χ1v) is 28.1. The molecule has 0 bridgehead atoms. The highest BCUT2D eigenvalue weighted by Gasteiger charge is 2.56. The van der Waals surface area contributed by atoms with Crippen LogP contribution in [-0.2, 0) is 71.2 Å². The molecule has 31 nitrogen and oxygen atoms in total. The molecule has 0 amide bonds. The Bertz CT molecular complexity index is 2060. The molecule has 30 atom stereocenters. The van der Waals surface area contributed by atoms with E-state index < -0.39 is 241 Å². The van der Waals surface area contributed by atoms with Gasteiger partial charge in [0.05, 0.1) is 75.8 Å². The minimum atomic E-state index is -2.15. The van der Waals surface area contributed by atoms with Crippen molar-refractivity contribution in [3.63, 3.8) is 0 Å². The van der Waals surface area contributed by atoms with Crippen LogP contribution < -0.4 is 0 Å². The van der Waals surface area contributed by atoms with E-state index in [2.05, 4.69) is 0 Å². The molecular weight excluding hydrogens is 1120 g/mol. The average molecular weight is 1210 g/mol. The van der Waals surface area contributed by atoms with Gasteiger partial charge in [0, 0.05) is 12.8 Å². The SMILES string of the molecule is B[C@@H]1O[C@H](C)[C@H](O)[C@H](OC(=O)C[C@@H](O)C[C@H](OC(=O)C[C@@H](O)C[C@H](O[C@@H]2O[C@@H](CO)[C@H](O)[C@H]2O)[C@@H](C)CC)[C@@H](C)CC)[C@H]1O[C@@H]1O[C@@H](C)[C@H](OC2=C(O)[C@@H](O[C@@H]3OC[C@](O)(CO)[C@H]3O)[C@H](O)CO2)[C@@H](O[C@@H]2O[C@H](CO)[C@@H](O)[C@H](O)[C@H]2O)[C@H]1O. The van der Waals surface area contributed by atoms with Crippen LogP contribution in [0.3, 0.4) is 0 Å². The number of aliphatic hydroxyl groups is 16. The summed E-state index contributed by atoms with van der Waals surface area (Å²) in [6, 6.07) is -1.05. The lowest BCUT2D eigenvalue weighted by Crippen LogP contribution is -2.66. The number of ether oxygens (including phenoxy) is 13. The molecule has 0 unspecified atom stereocenters. The first-order valence-electron chi connectivity index (χ1n) is 28.1. The van der Waals surface area contributed by atoms with Gasteiger partial charge in [-0.05, 0) is 25.7 Å². The summed E-state index contributed by atoms with van der Waals surface area (Å²) < 4.78 is 75.2. The quantitative estimate of drug-likeness (QED) is 0.0268. The Labute approximate surface area is 479 Å². The van der Waals surface area contributed by atoms with Crippen molar-refractivity contribution in [2.75, 3.05) is 33.0 Å². The molecule has 16 N–H and O–H groups in total. The van der Waals surface area contributed by atoms with Crippen LogP contribution in [0.2, 0.25) is 0 Å². The van der Waals surface area contributed by atoms with Crippen LogP contribution in [0, 0.1) is 11.8 Å². The van der Waals surface area contributed by atoms with Crippen molar-refractivity contribution < 1.29 is 153 Å². The lowest BCUT2D eigenvalue weighted by atomic mass is 9.84. The Kier molecular flexibility index (Phi) is 25.4. The lowest BCUT2D eigenvalue weighted by Gasteiger charge is -2.49. The average Bonchev–Trinajstić information content (AvgIpc) is 3.73. The van der Waals surface area contributed by atoms with Crippen molar-refractivity contribution in [2.45, 2.75) is 251 Å². The van der Waals surface area contributed by atoms with Crippen molar-refractivity contribution in [3.8, 4) is 0 Å². The van der Waals surface area contributed by atoms with Gasteiger partial charge in [-0.25, -0.2) is 0 Å². The summed E-state index contributed by atoms with van der Waals surface area (Å²) in [7, 11) is 1.49. The Morgan fingerprint density at radius 2 is 1.20 bits per heavy atom. The second kappa shape index (κ2) is 30.4. The Balaban J connectivity index is 1.14. The third-order valence-electron chi connectivity index (χ3n) is 16.3. The van der Waals surface area contributed by atoms with Gasteiger partial charge in [0.1, 0.15) is 106 Å². The summed E-state index contributed by atoms with van der Waals surface area (Å²) >= 11 is 0. The standard InChI is InChI=1S/C51H87BO31/c1-7-18(3)25(75-29(59)11-23(57)10-26(19(4)8-2)76-47-35(65)33(63)28(14-54)77-47)9-22(56)12-30(60)79-41-31(61)20(5)73-45(52)43(41)83-49-38(68)42(82-48-36(66)34(64)32(62)27(13-53)78-48)39(21(6)74-49)80-46-37(67)40(24(58)15-71-46)81-50-44(69)51(70,16-55)17-72-50/h18-28,31-36,38-45,47-50,53-58,61-70H,7-17,52H2,1-6H3/t18-,19-,20+,21-,22-,23-,24+,25-,26-,27+,28-,31-,32+,33-,34-,35+,36+,38+,39-,40-,41-,42-,43+,44-,45+,47+,48-,49-,50-,51+/m0/s1. The van der Waals surface area contributed by atoms with Crippen LogP contribution in [0.15, 0.2) is 11.7 Å². The molecule has 0 aliphatic carbocycles. The number of aliphatic hydroxyl groups excluding tert-OH is 15. The molecule has 480 valence electrons. The Morgan fingerprint density at radius 3 is 1.81 bits per heavy atom. The Hall–Kier alpha value is -2.82. The third-order valence-corrected chi connectivity index (χ3v) is 16.3. The smallest absolute Gasteiger partial charge is 0.322 e. The Morgan fingerprint density at radius 1 is 0.651 bits per heavy atom. The molecule has 0 aromatic rings. The predicted octanol–water partition coefficient (Wildman–Crippen LogP) is -7.25. The van der Waals surface area contributed by atoms with Gasteiger partial charge < -0.3 is 143 Å². The highest BCUT2D eigenvalue weighted by atomic mass is 16.8. The molecule has 0 spiro atoms. The van der Waals surface area contributed by atoms with E-state index in [0.717, 1.165) is 0 Å². The maximum absolute atomic E-state index is 13.8. The topological polar surface area (TPSA) is 478 Å². The maximum Gasteiger partial charge on any atom is 0.322 e. The predicted molar refractivity (Wildman–Crippen MR) is 274 cm³/mol. The normalized spacial score (nSPS) is 42.7.